The van der Waals surface area contributed by atoms with Crippen LogP contribution in [0.5, 0.6) is 0 Å². The third kappa shape index (κ3) is 1.17. The highest BCUT2D eigenvalue weighted by Crippen LogP contribution is 2.37. The number of thiazole rings is 1. The molecule has 0 amide bonds. The van der Waals surface area contributed by atoms with Crippen LogP contribution in [-0.4, -0.2) is 4.98 Å². The zero-order valence-corrected chi connectivity index (χ0v) is 8.10. The van der Waals surface area contributed by atoms with Crippen LogP contribution in [0.4, 0.5) is 0 Å². The highest BCUT2D eigenvalue weighted by molar-refractivity contribution is 7.16. The van der Waals surface area contributed by atoms with Crippen LogP contribution < -0.4 is 0 Å². The van der Waals surface area contributed by atoms with Crippen LogP contribution in [0.15, 0.2) is 18.2 Å². The molecule has 2 aromatic rings. The zero-order valence-electron chi connectivity index (χ0n) is 7.29. The van der Waals surface area contributed by atoms with Gasteiger partial charge >= 0.3 is 0 Å². The van der Waals surface area contributed by atoms with Crippen molar-refractivity contribution in [2.24, 2.45) is 0 Å². The fraction of sp³-hybridized carbons (Fsp3) is 0.364. The summed E-state index contributed by atoms with van der Waals surface area (Å²) >= 11 is 1.60. The molecule has 1 fully saturated rings. The second-order valence-corrected chi connectivity index (χ2v) is 4.49. The average molecular weight is 188 g/mol. The minimum absolute atomic E-state index is 0.811. The van der Waals surface area contributed by atoms with Gasteiger partial charge in [0.05, 0.1) is 10.2 Å². The molecule has 1 radical (unpaired) electrons. The van der Waals surface area contributed by atoms with Gasteiger partial charge < -0.3 is 0 Å². The first-order valence-corrected chi connectivity index (χ1v) is 5.52. The van der Waals surface area contributed by atoms with Gasteiger partial charge in [0, 0.05) is 0 Å². The van der Waals surface area contributed by atoms with E-state index in [-0.39, 0.29) is 0 Å². The van der Waals surface area contributed by atoms with E-state index in [0.29, 0.717) is 0 Å². The van der Waals surface area contributed by atoms with Crippen molar-refractivity contribution < 1.29 is 0 Å². The molecule has 0 spiro atoms. The summed E-state index contributed by atoms with van der Waals surface area (Å²) in [5.74, 6) is 0.811. The Morgan fingerprint density at radius 1 is 1.38 bits per heavy atom. The predicted molar refractivity (Wildman–Crippen MR) is 55.0 cm³/mol. The van der Waals surface area contributed by atoms with Crippen molar-refractivity contribution in [3.05, 3.63) is 29.3 Å². The lowest BCUT2D eigenvalue weighted by Crippen LogP contribution is -2.08. The molecule has 2 heteroatoms. The Balaban J connectivity index is 2.09. The van der Waals surface area contributed by atoms with E-state index >= 15 is 0 Å². The number of fused-ring (bicyclic) bond motifs is 1. The Kier molecular flexibility index (Phi) is 1.62. The zero-order chi connectivity index (χ0) is 8.67. The quantitative estimate of drug-likeness (QED) is 0.668. The molecule has 13 heavy (non-hydrogen) atoms. The van der Waals surface area contributed by atoms with Crippen LogP contribution >= 0.6 is 11.3 Å². The smallest absolute Gasteiger partial charge is 0.153 e. The standard InChI is InChI=1S/C11H10NS/c1-2-8(3-1)9-4-5-11-10(6-9)12-7-13-11/h4-6,8H,1-3H2. The van der Waals surface area contributed by atoms with Crippen LogP contribution in [0.3, 0.4) is 0 Å². The summed E-state index contributed by atoms with van der Waals surface area (Å²) in [5, 5.41) is 0. The third-order valence-corrected chi connectivity index (χ3v) is 3.63. The summed E-state index contributed by atoms with van der Waals surface area (Å²) in [6.45, 7) is 0. The molecule has 0 N–H and O–H groups in total. The first-order chi connectivity index (χ1) is 6.43. The second-order valence-electron chi connectivity index (χ2n) is 3.66. The number of rotatable bonds is 1. The molecule has 1 aliphatic rings. The number of hydrogen-bond donors (Lipinski definition) is 0. The van der Waals surface area contributed by atoms with Crippen molar-refractivity contribution >= 4 is 21.6 Å². The van der Waals surface area contributed by atoms with E-state index in [1.165, 1.54) is 29.5 Å². The van der Waals surface area contributed by atoms with Crippen molar-refractivity contribution in [1.82, 2.24) is 4.98 Å². The van der Waals surface area contributed by atoms with Gasteiger partial charge in [-0.25, -0.2) is 4.98 Å². The Morgan fingerprint density at radius 2 is 2.31 bits per heavy atom. The summed E-state index contributed by atoms with van der Waals surface area (Å²) in [7, 11) is 0. The molecule has 0 bridgehead atoms. The molecule has 0 saturated heterocycles. The topological polar surface area (TPSA) is 12.9 Å². The molecular weight excluding hydrogens is 178 g/mol. The minimum atomic E-state index is 0.811. The molecule has 3 rings (SSSR count). The Hall–Kier alpha value is -0.890. The predicted octanol–water partition coefficient (Wildman–Crippen LogP) is 3.36. The van der Waals surface area contributed by atoms with Crippen molar-refractivity contribution in [1.29, 1.82) is 0 Å². The van der Waals surface area contributed by atoms with Crippen molar-refractivity contribution in [3.8, 4) is 0 Å². The maximum Gasteiger partial charge on any atom is 0.153 e. The molecule has 65 valence electrons. The molecule has 0 unspecified atom stereocenters. The molecule has 1 nitrogen and oxygen atoms in total. The van der Waals surface area contributed by atoms with E-state index in [2.05, 4.69) is 28.7 Å². The maximum absolute atomic E-state index is 4.21. The minimum Gasteiger partial charge on any atom is -0.233 e. The summed E-state index contributed by atoms with van der Waals surface area (Å²) < 4.78 is 1.25. The lowest BCUT2D eigenvalue weighted by Gasteiger charge is -2.25. The molecule has 1 saturated carbocycles. The Morgan fingerprint density at radius 3 is 3.08 bits per heavy atom. The third-order valence-electron chi connectivity index (χ3n) is 2.88. The van der Waals surface area contributed by atoms with Gasteiger partial charge in [-0.05, 0) is 36.5 Å². The molecule has 0 atom stereocenters. The number of nitrogens with zero attached hydrogens (tertiary/aromatic N) is 1. The highest BCUT2D eigenvalue weighted by atomic mass is 32.1. The fourth-order valence-electron chi connectivity index (χ4n) is 1.82. The van der Waals surface area contributed by atoms with Crippen LogP contribution in [0.25, 0.3) is 10.2 Å². The van der Waals surface area contributed by atoms with Crippen molar-refractivity contribution in [2.45, 2.75) is 25.2 Å². The van der Waals surface area contributed by atoms with Gasteiger partial charge in [0.25, 0.3) is 0 Å². The monoisotopic (exact) mass is 188 g/mol. The molecule has 1 aromatic heterocycles. The maximum atomic E-state index is 4.21. The lowest BCUT2D eigenvalue weighted by molar-refractivity contribution is 0.420. The summed E-state index contributed by atoms with van der Waals surface area (Å²) in [6, 6.07) is 6.65. The van der Waals surface area contributed by atoms with Crippen LogP contribution in [0.1, 0.15) is 30.7 Å². The molecule has 1 heterocycles. The Labute approximate surface area is 81.4 Å². The van der Waals surface area contributed by atoms with Crippen LogP contribution in [0, 0.1) is 5.51 Å². The van der Waals surface area contributed by atoms with Gasteiger partial charge in [0.2, 0.25) is 0 Å². The summed E-state index contributed by atoms with van der Waals surface area (Å²) in [6.07, 6.45) is 4.12. The first kappa shape index (κ1) is 7.51. The lowest BCUT2D eigenvalue weighted by atomic mass is 9.80. The van der Waals surface area contributed by atoms with E-state index in [4.69, 9.17) is 0 Å². The van der Waals surface area contributed by atoms with Crippen molar-refractivity contribution in [2.75, 3.05) is 0 Å². The van der Waals surface area contributed by atoms with E-state index < -0.39 is 0 Å². The average Bonchev–Trinajstić information content (AvgIpc) is 2.47. The summed E-state index contributed by atoms with van der Waals surface area (Å²) in [4.78, 5) is 4.21. The normalized spacial score (nSPS) is 17.5. The first-order valence-electron chi connectivity index (χ1n) is 4.70. The number of hydrogen-bond acceptors (Lipinski definition) is 2. The fourth-order valence-corrected chi connectivity index (χ4v) is 2.41. The van der Waals surface area contributed by atoms with Gasteiger partial charge in [-0.2, -0.15) is 0 Å². The van der Waals surface area contributed by atoms with Gasteiger partial charge in [0.15, 0.2) is 5.51 Å². The van der Waals surface area contributed by atoms with Gasteiger partial charge in [-0.15, -0.1) is 11.3 Å². The van der Waals surface area contributed by atoms with E-state index in [9.17, 15) is 0 Å². The van der Waals surface area contributed by atoms with Crippen LogP contribution in [-0.2, 0) is 0 Å². The number of aromatic nitrogens is 1. The molecule has 1 aliphatic carbocycles. The van der Waals surface area contributed by atoms with E-state index in [0.717, 1.165) is 11.4 Å². The molecular formula is C11H10NS. The largest absolute Gasteiger partial charge is 0.233 e. The summed E-state index contributed by atoms with van der Waals surface area (Å²) in [5.41, 5.74) is 5.52. The molecule has 0 aliphatic heterocycles. The van der Waals surface area contributed by atoms with Gasteiger partial charge in [-0.1, -0.05) is 12.5 Å². The van der Waals surface area contributed by atoms with Crippen molar-refractivity contribution in [3.63, 3.8) is 0 Å². The molecule has 1 aromatic carbocycles. The van der Waals surface area contributed by atoms with E-state index in [1.807, 2.05) is 0 Å². The number of benzene rings is 1. The van der Waals surface area contributed by atoms with E-state index in [1.54, 1.807) is 11.3 Å². The van der Waals surface area contributed by atoms with Gasteiger partial charge in [0.1, 0.15) is 0 Å². The van der Waals surface area contributed by atoms with Crippen LogP contribution in [0.2, 0.25) is 0 Å². The Bertz CT molecular complexity index is 428. The second kappa shape index (κ2) is 2.81. The van der Waals surface area contributed by atoms with Gasteiger partial charge in [-0.3, -0.25) is 0 Å². The SMILES string of the molecule is [c]1nc2cc(C3CCC3)ccc2s1. The highest BCUT2D eigenvalue weighted by Gasteiger charge is 2.19.